The lowest BCUT2D eigenvalue weighted by Crippen LogP contribution is -1.95. The maximum absolute atomic E-state index is 2.52. The monoisotopic (exact) mass is 1210 g/mol. The zero-order chi connectivity index (χ0) is 62.4. The van der Waals surface area contributed by atoms with Crippen LogP contribution in [0.2, 0.25) is 0 Å². The quantitative estimate of drug-likeness (QED) is 0.152. The molecule has 16 aromatic carbocycles. The molecule has 0 radical (unpaired) electrons. The number of rotatable bonds is 7. The van der Waals surface area contributed by atoms with Crippen LogP contribution in [0.1, 0.15) is 0 Å². The highest BCUT2D eigenvalue weighted by atomic mass is 15.0. The Balaban J connectivity index is 0.695. The fourth-order valence-corrected chi connectivity index (χ4v) is 17.3. The van der Waals surface area contributed by atoms with Crippen molar-refractivity contribution in [2.24, 2.45) is 0 Å². The fraction of sp³-hybridized carbons (Fsp3) is 0. The van der Waals surface area contributed by atoms with E-state index in [0.29, 0.717) is 0 Å². The van der Waals surface area contributed by atoms with Crippen molar-refractivity contribution in [1.82, 2.24) is 18.3 Å². The lowest BCUT2D eigenvalue weighted by molar-refractivity contribution is 1.18. The molecule has 0 bridgehead atoms. The summed E-state index contributed by atoms with van der Waals surface area (Å²) in [5.41, 5.74) is 31.6. The molecule has 0 amide bonds. The molecular weight excluding hydrogens is 1160 g/mol. The Labute approximate surface area is 551 Å². The molecule has 20 aromatic rings. The van der Waals surface area contributed by atoms with Crippen molar-refractivity contribution >= 4 is 109 Å². The van der Waals surface area contributed by atoms with E-state index in [1.807, 2.05) is 0 Å². The second-order valence-corrected chi connectivity index (χ2v) is 26.3. The van der Waals surface area contributed by atoms with E-state index in [4.69, 9.17) is 0 Å². The summed E-state index contributed by atoms with van der Waals surface area (Å²) in [6.45, 7) is 0. The van der Waals surface area contributed by atoms with E-state index >= 15 is 0 Å². The van der Waals surface area contributed by atoms with Crippen LogP contribution in [-0.4, -0.2) is 18.3 Å². The Hall–Kier alpha value is -12.8. The first-order chi connectivity index (χ1) is 47.6. The van der Waals surface area contributed by atoms with Crippen molar-refractivity contribution < 1.29 is 0 Å². The standard InChI is InChI=1S/C92H54N4/c1-3-20-61(21-4-1)95-87-46-41-59(50-76(87)80-53-78-66-26-8-7-25-65(66)72-32-18-33-73(89(72)78)91(80)95)58-40-44-86-74(49-58)71-31-13-16-36-85(71)94(86)64-24-17-19-56(47-64)60-51-77-67-27-9-10-28-68(67)79-54-81-75-48-57(39-45-88(75)96(62-22-5-2-6-23-62)92(81)82(52-60)90(77)79)55-37-42-63(43-38-55)93-83-34-14-11-29-69(83)70-30-12-15-35-84(70)93/h1-54H. The fourth-order valence-electron chi connectivity index (χ4n) is 17.3. The average Bonchev–Trinajstić information content (AvgIpc) is 1.46. The second kappa shape index (κ2) is 19.4. The molecule has 4 heterocycles. The average molecular weight is 1220 g/mol. The zero-order valence-corrected chi connectivity index (χ0v) is 52.0. The number of hydrogen-bond acceptors (Lipinski definition) is 0. The summed E-state index contributed by atoms with van der Waals surface area (Å²) >= 11 is 0. The van der Waals surface area contributed by atoms with Gasteiger partial charge in [-0.2, -0.15) is 0 Å². The number of aromatic nitrogens is 4. The molecule has 442 valence electrons. The highest BCUT2D eigenvalue weighted by molar-refractivity contribution is 6.30. The SMILES string of the molecule is c1ccc(-n2c3ccc(-c4ccc5c(c4)c4ccccc4n5-c4cccc(-c5cc6c7c(cc8c9cc(-c%10ccc(-n%11c%12ccccc%12c%12ccccc%12%11)cc%10)ccc9n(-c9ccccc9)c8c7c5)-c5ccccc5-6)c4)cc3c3cc4c5c(cccc5c32)-c2ccccc2-4)cc1. The first-order valence-electron chi connectivity index (χ1n) is 33.3. The van der Waals surface area contributed by atoms with Crippen LogP contribution in [0.4, 0.5) is 0 Å². The molecule has 4 nitrogen and oxygen atoms in total. The topological polar surface area (TPSA) is 19.7 Å². The van der Waals surface area contributed by atoms with Crippen LogP contribution in [0.3, 0.4) is 0 Å². The van der Waals surface area contributed by atoms with Gasteiger partial charge in [0, 0.05) is 76.6 Å². The third-order valence-corrected chi connectivity index (χ3v) is 21.4. The summed E-state index contributed by atoms with van der Waals surface area (Å²) in [4.78, 5) is 0. The van der Waals surface area contributed by atoms with Crippen LogP contribution in [0, 0.1) is 0 Å². The summed E-state index contributed by atoms with van der Waals surface area (Å²) in [6.07, 6.45) is 0. The van der Waals surface area contributed by atoms with E-state index in [9.17, 15) is 0 Å². The van der Waals surface area contributed by atoms with Gasteiger partial charge in [-0.1, -0.05) is 200 Å². The van der Waals surface area contributed by atoms with E-state index in [1.54, 1.807) is 0 Å². The van der Waals surface area contributed by atoms with Crippen LogP contribution in [0.15, 0.2) is 328 Å². The third kappa shape index (κ3) is 7.11. The Kier molecular flexibility index (Phi) is 10.5. The van der Waals surface area contributed by atoms with E-state index in [0.717, 1.165) is 22.7 Å². The molecule has 2 aliphatic carbocycles. The smallest absolute Gasteiger partial charge is 0.0620 e. The molecule has 0 saturated heterocycles. The number of benzene rings is 16. The summed E-state index contributed by atoms with van der Waals surface area (Å²) < 4.78 is 9.88. The molecule has 0 saturated carbocycles. The molecule has 22 rings (SSSR count). The highest BCUT2D eigenvalue weighted by Crippen LogP contribution is 2.55. The predicted molar refractivity (Wildman–Crippen MR) is 404 cm³/mol. The molecule has 4 heteroatoms. The Morgan fingerprint density at radius 3 is 1.05 bits per heavy atom. The second-order valence-electron chi connectivity index (χ2n) is 26.3. The van der Waals surface area contributed by atoms with E-state index in [1.165, 1.54) is 187 Å². The molecule has 0 N–H and O–H groups in total. The van der Waals surface area contributed by atoms with Gasteiger partial charge in [-0.05, 0) is 216 Å². The molecule has 0 spiro atoms. The highest BCUT2D eigenvalue weighted by Gasteiger charge is 2.29. The predicted octanol–water partition coefficient (Wildman–Crippen LogP) is 24.7. The molecule has 4 aromatic heterocycles. The largest absolute Gasteiger partial charge is 0.309 e. The minimum Gasteiger partial charge on any atom is -0.309 e. The maximum Gasteiger partial charge on any atom is 0.0620 e. The van der Waals surface area contributed by atoms with Gasteiger partial charge in [-0.15, -0.1) is 0 Å². The van der Waals surface area contributed by atoms with Crippen molar-refractivity contribution in [2.75, 3.05) is 0 Å². The van der Waals surface area contributed by atoms with Crippen molar-refractivity contribution in [3.63, 3.8) is 0 Å². The molecular formula is C92H54N4. The van der Waals surface area contributed by atoms with Gasteiger partial charge in [0.15, 0.2) is 0 Å². The number of nitrogens with zero attached hydrogens (tertiary/aromatic N) is 4. The van der Waals surface area contributed by atoms with Gasteiger partial charge in [0.25, 0.3) is 0 Å². The maximum atomic E-state index is 2.52. The lowest BCUT2D eigenvalue weighted by Gasteiger charge is -2.14. The van der Waals surface area contributed by atoms with Crippen LogP contribution in [0.25, 0.3) is 209 Å². The van der Waals surface area contributed by atoms with E-state index < -0.39 is 0 Å². The van der Waals surface area contributed by atoms with Crippen LogP contribution in [0.5, 0.6) is 0 Å². The van der Waals surface area contributed by atoms with Crippen molar-refractivity contribution in [3.05, 3.63) is 328 Å². The zero-order valence-electron chi connectivity index (χ0n) is 52.0. The Morgan fingerprint density at radius 1 is 0.146 bits per heavy atom. The van der Waals surface area contributed by atoms with Gasteiger partial charge in [-0.3, -0.25) is 0 Å². The number of fused-ring (bicyclic) bond motifs is 20. The van der Waals surface area contributed by atoms with Gasteiger partial charge in [-0.25, -0.2) is 0 Å². The summed E-state index contributed by atoms with van der Waals surface area (Å²) in [7, 11) is 0. The Bertz CT molecular complexity index is 6740. The molecule has 0 unspecified atom stereocenters. The molecule has 0 fully saturated rings. The minimum atomic E-state index is 1.12. The molecule has 0 atom stereocenters. The van der Waals surface area contributed by atoms with Crippen molar-refractivity contribution in [2.45, 2.75) is 0 Å². The number of hydrogen-bond donors (Lipinski definition) is 0. The third-order valence-electron chi connectivity index (χ3n) is 21.4. The Morgan fingerprint density at radius 2 is 0.490 bits per heavy atom. The van der Waals surface area contributed by atoms with Crippen LogP contribution < -0.4 is 0 Å². The van der Waals surface area contributed by atoms with Crippen LogP contribution >= 0.6 is 0 Å². The van der Waals surface area contributed by atoms with Gasteiger partial charge in [0.1, 0.15) is 0 Å². The molecule has 96 heavy (non-hydrogen) atoms. The van der Waals surface area contributed by atoms with Gasteiger partial charge >= 0.3 is 0 Å². The molecule has 0 aliphatic heterocycles. The first kappa shape index (κ1) is 51.8. The normalized spacial score (nSPS) is 12.4. The summed E-state index contributed by atoms with van der Waals surface area (Å²) in [5.74, 6) is 0. The van der Waals surface area contributed by atoms with Gasteiger partial charge in [0.05, 0.1) is 44.1 Å². The summed E-state index contributed by atoms with van der Waals surface area (Å²) in [6, 6.07) is 123. The van der Waals surface area contributed by atoms with E-state index in [2.05, 4.69) is 346 Å². The lowest BCUT2D eigenvalue weighted by atomic mass is 9.94. The number of para-hydroxylation sites is 5. The van der Waals surface area contributed by atoms with Crippen molar-refractivity contribution in [1.29, 1.82) is 0 Å². The summed E-state index contributed by atoms with van der Waals surface area (Å²) in [5, 5.41) is 15.1. The van der Waals surface area contributed by atoms with Gasteiger partial charge < -0.3 is 18.3 Å². The minimum absolute atomic E-state index is 1.12. The van der Waals surface area contributed by atoms with Crippen LogP contribution in [-0.2, 0) is 0 Å². The van der Waals surface area contributed by atoms with Crippen molar-refractivity contribution in [3.8, 4) is 101 Å². The van der Waals surface area contributed by atoms with E-state index in [-0.39, 0.29) is 0 Å². The molecule has 2 aliphatic rings. The van der Waals surface area contributed by atoms with Gasteiger partial charge in [0.2, 0.25) is 0 Å². The first-order valence-corrected chi connectivity index (χ1v) is 33.3.